The molecule has 0 aromatic heterocycles. The Balaban J connectivity index is 1.85. The quantitative estimate of drug-likeness (QED) is 0.896. The molecule has 0 heterocycles. The second-order valence-corrected chi connectivity index (χ2v) is 5.15. The van der Waals surface area contributed by atoms with E-state index >= 15 is 0 Å². The van der Waals surface area contributed by atoms with E-state index in [0.717, 1.165) is 19.3 Å². The molecule has 17 heavy (non-hydrogen) atoms. The second-order valence-electron chi connectivity index (χ2n) is 4.74. The normalized spacial score (nSPS) is 18.3. The number of benzene rings is 1. The molecular formula is C13H17ClFNO. The largest absolute Gasteiger partial charge is 0.492 e. The summed E-state index contributed by atoms with van der Waals surface area (Å²) in [5.74, 6) is 0.170. The van der Waals surface area contributed by atoms with Crippen LogP contribution in [0.15, 0.2) is 18.2 Å². The van der Waals surface area contributed by atoms with Gasteiger partial charge in [0, 0.05) is 5.54 Å². The lowest BCUT2D eigenvalue weighted by molar-refractivity contribution is 0.258. The van der Waals surface area contributed by atoms with Crippen molar-refractivity contribution in [3.8, 4) is 5.75 Å². The maximum atomic E-state index is 12.8. The van der Waals surface area contributed by atoms with E-state index in [0.29, 0.717) is 17.4 Å². The fourth-order valence-electron chi connectivity index (χ4n) is 2.29. The molecule has 0 unspecified atom stereocenters. The number of halogens is 2. The van der Waals surface area contributed by atoms with Gasteiger partial charge in [-0.05, 0) is 37.5 Å². The van der Waals surface area contributed by atoms with Crippen molar-refractivity contribution in [3.63, 3.8) is 0 Å². The molecule has 94 valence electrons. The first-order valence-corrected chi connectivity index (χ1v) is 6.34. The lowest BCUT2D eigenvalue weighted by Gasteiger charge is -2.23. The van der Waals surface area contributed by atoms with E-state index in [1.165, 1.54) is 25.0 Å². The highest BCUT2D eigenvalue weighted by Gasteiger charge is 2.28. The van der Waals surface area contributed by atoms with Crippen LogP contribution >= 0.6 is 11.6 Å². The minimum absolute atomic E-state index is 0.0769. The maximum Gasteiger partial charge on any atom is 0.138 e. The first kappa shape index (κ1) is 12.7. The van der Waals surface area contributed by atoms with Crippen LogP contribution < -0.4 is 10.5 Å². The minimum Gasteiger partial charge on any atom is -0.492 e. The van der Waals surface area contributed by atoms with Crippen molar-refractivity contribution >= 4 is 11.6 Å². The zero-order chi connectivity index (χ0) is 12.3. The Morgan fingerprint density at radius 3 is 2.71 bits per heavy atom. The van der Waals surface area contributed by atoms with E-state index in [1.807, 2.05) is 0 Å². The lowest BCUT2D eigenvalue weighted by Crippen LogP contribution is -2.37. The fourth-order valence-corrected chi connectivity index (χ4v) is 2.51. The third-order valence-electron chi connectivity index (χ3n) is 3.35. The molecule has 0 saturated heterocycles. The summed E-state index contributed by atoms with van der Waals surface area (Å²) < 4.78 is 18.4. The SMILES string of the molecule is NC1(CCOc2ccc(F)cc2Cl)CCCC1. The van der Waals surface area contributed by atoms with Gasteiger partial charge in [0.25, 0.3) is 0 Å². The molecule has 2 nitrogen and oxygen atoms in total. The molecule has 2 rings (SSSR count). The molecule has 0 atom stereocenters. The summed E-state index contributed by atoms with van der Waals surface area (Å²) in [6, 6.07) is 4.15. The van der Waals surface area contributed by atoms with Crippen LogP contribution in [0.4, 0.5) is 4.39 Å². The summed E-state index contributed by atoms with van der Waals surface area (Å²) in [6.07, 6.45) is 5.35. The van der Waals surface area contributed by atoms with Gasteiger partial charge in [-0.3, -0.25) is 0 Å². The summed E-state index contributed by atoms with van der Waals surface area (Å²) in [5, 5.41) is 0.308. The van der Waals surface area contributed by atoms with Crippen LogP contribution in [0.5, 0.6) is 5.75 Å². The van der Waals surface area contributed by atoms with Gasteiger partial charge in [-0.15, -0.1) is 0 Å². The Morgan fingerprint density at radius 1 is 1.35 bits per heavy atom. The van der Waals surface area contributed by atoms with Gasteiger partial charge in [0.1, 0.15) is 11.6 Å². The van der Waals surface area contributed by atoms with Gasteiger partial charge in [-0.1, -0.05) is 24.4 Å². The van der Waals surface area contributed by atoms with Crippen LogP contribution in [-0.2, 0) is 0 Å². The van der Waals surface area contributed by atoms with E-state index < -0.39 is 0 Å². The molecule has 0 bridgehead atoms. The molecular weight excluding hydrogens is 241 g/mol. The number of hydrogen-bond donors (Lipinski definition) is 1. The third-order valence-corrected chi connectivity index (χ3v) is 3.65. The molecule has 1 saturated carbocycles. The summed E-state index contributed by atoms with van der Waals surface area (Å²) in [5.41, 5.74) is 6.14. The topological polar surface area (TPSA) is 35.2 Å². The average Bonchev–Trinajstić information content (AvgIpc) is 2.69. The van der Waals surface area contributed by atoms with Crippen LogP contribution in [0.1, 0.15) is 32.1 Å². The predicted molar refractivity (Wildman–Crippen MR) is 66.9 cm³/mol. The van der Waals surface area contributed by atoms with Crippen molar-refractivity contribution in [1.82, 2.24) is 0 Å². The molecule has 1 aromatic carbocycles. The minimum atomic E-state index is -0.353. The standard InChI is InChI=1S/C13H17ClFNO/c14-11-9-10(15)3-4-12(11)17-8-7-13(16)5-1-2-6-13/h3-4,9H,1-2,5-8,16H2. The molecule has 1 fully saturated rings. The van der Waals surface area contributed by atoms with E-state index in [9.17, 15) is 4.39 Å². The molecule has 1 aliphatic carbocycles. The Morgan fingerprint density at radius 2 is 2.06 bits per heavy atom. The van der Waals surface area contributed by atoms with Gasteiger partial charge in [0.15, 0.2) is 0 Å². The maximum absolute atomic E-state index is 12.8. The molecule has 4 heteroatoms. The number of ether oxygens (including phenoxy) is 1. The summed E-state index contributed by atoms with van der Waals surface area (Å²) in [7, 11) is 0. The summed E-state index contributed by atoms with van der Waals surface area (Å²) in [4.78, 5) is 0. The number of nitrogens with two attached hydrogens (primary N) is 1. The van der Waals surface area contributed by atoms with Crippen molar-refractivity contribution in [2.75, 3.05) is 6.61 Å². The highest BCUT2D eigenvalue weighted by molar-refractivity contribution is 6.32. The van der Waals surface area contributed by atoms with Gasteiger partial charge >= 0.3 is 0 Å². The van der Waals surface area contributed by atoms with Crippen LogP contribution in [0, 0.1) is 5.82 Å². The van der Waals surface area contributed by atoms with Crippen molar-refractivity contribution in [3.05, 3.63) is 29.0 Å². The van der Waals surface area contributed by atoms with Gasteiger partial charge in [0.2, 0.25) is 0 Å². The summed E-state index contributed by atoms with van der Waals surface area (Å²) in [6.45, 7) is 0.530. The first-order valence-electron chi connectivity index (χ1n) is 5.96. The van der Waals surface area contributed by atoms with E-state index in [1.54, 1.807) is 6.07 Å². The fraction of sp³-hybridized carbons (Fsp3) is 0.538. The molecule has 0 amide bonds. The van der Waals surface area contributed by atoms with Crippen LogP contribution in [0.25, 0.3) is 0 Å². The molecule has 1 aliphatic rings. The molecule has 0 radical (unpaired) electrons. The Kier molecular flexibility index (Phi) is 3.89. The van der Waals surface area contributed by atoms with Gasteiger partial charge < -0.3 is 10.5 Å². The summed E-state index contributed by atoms with van der Waals surface area (Å²) >= 11 is 5.86. The van der Waals surface area contributed by atoms with Crippen LogP contribution in [0.2, 0.25) is 5.02 Å². The van der Waals surface area contributed by atoms with E-state index in [-0.39, 0.29) is 11.4 Å². The van der Waals surface area contributed by atoms with Crippen molar-refractivity contribution in [1.29, 1.82) is 0 Å². The lowest BCUT2D eigenvalue weighted by atomic mass is 9.95. The highest BCUT2D eigenvalue weighted by Crippen LogP contribution is 2.31. The highest BCUT2D eigenvalue weighted by atomic mass is 35.5. The van der Waals surface area contributed by atoms with Crippen molar-refractivity contribution < 1.29 is 9.13 Å². The average molecular weight is 258 g/mol. The van der Waals surface area contributed by atoms with Gasteiger partial charge in [-0.2, -0.15) is 0 Å². The number of rotatable bonds is 4. The smallest absolute Gasteiger partial charge is 0.138 e. The molecule has 2 N–H and O–H groups in total. The van der Waals surface area contributed by atoms with E-state index in [2.05, 4.69) is 0 Å². The second kappa shape index (κ2) is 5.23. The number of hydrogen-bond acceptors (Lipinski definition) is 2. The Hall–Kier alpha value is -0.800. The molecule has 0 spiro atoms. The zero-order valence-corrected chi connectivity index (χ0v) is 10.5. The van der Waals surface area contributed by atoms with Crippen molar-refractivity contribution in [2.45, 2.75) is 37.6 Å². The predicted octanol–water partition coefficient (Wildman–Crippen LogP) is 3.52. The monoisotopic (exact) mass is 257 g/mol. The molecule has 1 aromatic rings. The van der Waals surface area contributed by atoms with Gasteiger partial charge in [-0.25, -0.2) is 4.39 Å². The molecule has 0 aliphatic heterocycles. The Labute approximate surface area is 106 Å². The first-order chi connectivity index (χ1) is 8.09. The van der Waals surface area contributed by atoms with E-state index in [4.69, 9.17) is 22.1 Å². The van der Waals surface area contributed by atoms with Gasteiger partial charge in [0.05, 0.1) is 11.6 Å². The Bertz CT molecular complexity index is 391. The van der Waals surface area contributed by atoms with Crippen molar-refractivity contribution in [2.24, 2.45) is 5.73 Å². The third kappa shape index (κ3) is 3.33. The van der Waals surface area contributed by atoms with Crippen LogP contribution in [0.3, 0.4) is 0 Å². The van der Waals surface area contributed by atoms with Crippen LogP contribution in [-0.4, -0.2) is 12.1 Å². The zero-order valence-electron chi connectivity index (χ0n) is 9.72.